The van der Waals surface area contributed by atoms with Crippen molar-refractivity contribution in [3.05, 3.63) is 0 Å². The Morgan fingerprint density at radius 2 is 2.29 bits per heavy atom. The summed E-state index contributed by atoms with van der Waals surface area (Å²) in [6.45, 7) is 4.06. The molecule has 2 nitrogen and oxygen atoms in total. The molecule has 0 bridgehead atoms. The first kappa shape index (κ1) is 10.5. The van der Waals surface area contributed by atoms with E-state index in [1.165, 1.54) is 12.8 Å². The number of carbonyl (C=O) groups excluding carboxylic acids is 1. The molecule has 1 saturated heterocycles. The summed E-state index contributed by atoms with van der Waals surface area (Å²) in [5.74, 6) is 1.08. The summed E-state index contributed by atoms with van der Waals surface area (Å²) in [7, 11) is 0. The van der Waals surface area contributed by atoms with Crippen molar-refractivity contribution in [3.8, 4) is 0 Å². The summed E-state index contributed by atoms with van der Waals surface area (Å²) < 4.78 is 0. The topological polar surface area (TPSA) is 20.3 Å². The molecule has 2 aliphatic rings. The number of amides is 1. The Morgan fingerprint density at radius 1 is 1.57 bits per heavy atom. The smallest absolute Gasteiger partial charge is 0.228 e. The molecule has 80 valence electrons. The number of carbonyl (C=O) groups is 1. The van der Waals surface area contributed by atoms with E-state index in [1.54, 1.807) is 0 Å². The Balaban J connectivity index is 1.93. The van der Waals surface area contributed by atoms with Gasteiger partial charge < -0.3 is 4.90 Å². The van der Waals surface area contributed by atoms with E-state index in [-0.39, 0.29) is 5.41 Å². The highest BCUT2D eigenvalue weighted by atomic mass is 79.9. The Kier molecular flexibility index (Phi) is 2.87. The molecule has 2 rings (SSSR count). The monoisotopic (exact) mass is 259 g/mol. The normalized spacial score (nSPS) is 30.1. The third-order valence-electron chi connectivity index (χ3n) is 3.54. The van der Waals surface area contributed by atoms with Crippen LogP contribution in [0.5, 0.6) is 0 Å². The quantitative estimate of drug-likeness (QED) is 0.698. The SMILES string of the molecule is CC1(C(=O)N2CCCC(CBr)C2)CC1. The fourth-order valence-electron chi connectivity index (χ4n) is 2.16. The predicted molar refractivity (Wildman–Crippen MR) is 60.4 cm³/mol. The molecule has 0 spiro atoms. The van der Waals surface area contributed by atoms with Crippen LogP contribution in [0.3, 0.4) is 0 Å². The van der Waals surface area contributed by atoms with Gasteiger partial charge in [-0.1, -0.05) is 22.9 Å². The number of nitrogens with zero attached hydrogens (tertiary/aromatic N) is 1. The molecule has 0 radical (unpaired) electrons. The maximum atomic E-state index is 12.1. The van der Waals surface area contributed by atoms with Gasteiger partial charge in [0.05, 0.1) is 0 Å². The molecule has 0 N–H and O–H groups in total. The van der Waals surface area contributed by atoms with E-state index < -0.39 is 0 Å². The number of likely N-dealkylation sites (tertiary alicyclic amines) is 1. The van der Waals surface area contributed by atoms with Crippen LogP contribution in [0.15, 0.2) is 0 Å². The fourth-order valence-corrected chi connectivity index (χ4v) is 2.69. The third kappa shape index (κ3) is 1.97. The van der Waals surface area contributed by atoms with Crippen LogP contribution in [-0.4, -0.2) is 29.2 Å². The molecular weight excluding hydrogens is 242 g/mol. The van der Waals surface area contributed by atoms with Gasteiger partial charge in [0.2, 0.25) is 5.91 Å². The molecule has 1 aliphatic carbocycles. The zero-order valence-electron chi connectivity index (χ0n) is 8.76. The van der Waals surface area contributed by atoms with Crippen LogP contribution in [0.2, 0.25) is 0 Å². The van der Waals surface area contributed by atoms with Crippen molar-refractivity contribution >= 4 is 21.8 Å². The highest BCUT2D eigenvalue weighted by Gasteiger charge is 2.47. The molecule has 2 fully saturated rings. The van der Waals surface area contributed by atoms with E-state index in [2.05, 4.69) is 27.8 Å². The summed E-state index contributed by atoms with van der Waals surface area (Å²) in [5.41, 5.74) is 0.0220. The van der Waals surface area contributed by atoms with Gasteiger partial charge in [0.1, 0.15) is 0 Å². The molecule has 14 heavy (non-hydrogen) atoms. The van der Waals surface area contributed by atoms with Crippen LogP contribution in [0.4, 0.5) is 0 Å². The lowest BCUT2D eigenvalue weighted by Gasteiger charge is -2.33. The molecule has 0 aromatic rings. The highest BCUT2D eigenvalue weighted by molar-refractivity contribution is 9.09. The van der Waals surface area contributed by atoms with Crippen molar-refractivity contribution in [1.29, 1.82) is 0 Å². The lowest BCUT2D eigenvalue weighted by atomic mass is 9.98. The zero-order valence-corrected chi connectivity index (χ0v) is 10.3. The number of alkyl halides is 1. The van der Waals surface area contributed by atoms with Gasteiger partial charge in [-0.2, -0.15) is 0 Å². The van der Waals surface area contributed by atoms with Crippen LogP contribution in [0.1, 0.15) is 32.6 Å². The minimum Gasteiger partial charge on any atom is -0.342 e. The van der Waals surface area contributed by atoms with E-state index in [4.69, 9.17) is 0 Å². The summed E-state index contributed by atoms with van der Waals surface area (Å²) in [4.78, 5) is 14.1. The summed E-state index contributed by atoms with van der Waals surface area (Å²) in [6, 6.07) is 0. The molecule has 0 aromatic carbocycles. The largest absolute Gasteiger partial charge is 0.342 e. The van der Waals surface area contributed by atoms with E-state index in [0.29, 0.717) is 11.8 Å². The first-order chi connectivity index (χ1) is 6.65. The Bertz CT molecular complexity index is 237. The van der Waals surface area contributed by atoms with Gasteiger partial charge >= 0.3 is 0 Å². The number of hydrogen-bond acceptors (Lipinski definition) is 1. The lowest BCUT2D eigenvalue weighted by molar-refractivity contribution is -0.138. The Morgan fingerprint density at radius 3 is 2.86 bits per heavy atom. The van der Waals surface area contributed by atoms with Gasteiger partial charge in [0, 0.05) is 23.8 Å². The average Bonchev–Trinajstić information content (AvgIpc) is 2.97. The van der Waals surface area contributed by atoms with Crippen LogP contribution in [-0.2, 0) is 4.79 Å². The van der Waals surface area contributed by atoms with E-state index in [0.717, 1.165) is 31.3 Å². The van der Waals surface area contributed by atoms with Crippen LogP contribution >= 0.6 is 15.9 Å². The standard InChI is InChI=1S/C11H18BrNO/c1-11(4-5-11)10(14)13-6-2-3-9(7-12)8-13/h9H,2-8H2,1H3. The number of piperidine rings is 1. The number of halogens is 1. The zero-order chi connectivity index (χ0) is 10.2. The van der Waals surface area contributed by atoms with Crippen LogP contribution in [0.25, 0.3) is 0 Å². The van der Waals surface area contributed by atoms with Crippen molar-refractivity contribution in [3.63, 3.8) is 0 Å². The molecule has 1 heterocycles. The highest BCUT2D eigenvalue weighted by Crippen LogP contribution is 2.46. The van der Waals surface area contributed by atoms with E-state index >= 15 is 0 Å². The first-order valence-corrected chi connectivity index (χ1v) is 6.63. The number of rotatable bonds is 2. The average molecular weight is 260 g/mol. The molecule has 0 aromatic heterocycles. The summed E-state index contributed by atoms with van der Waals surface area (Å²) in [6.07, 6.45) is 4.65. The van der Waals surface area contributed by atoms with Gasteiger partial charge in [-0.05, 0) is 31.6 Å². The maximum absolute atomic E-state index is 12.1. The van der Waals surface area contributed by atoms with Crippen molar-refractivity contribution in [2.45, 2.75) is 32.6 Å². The van der Waals surface area contributed by atoms with Crippen molar-refractivity contribution in [2.24, 2.45) is 11.3 Å². The Labute approximate surface area is 94.2 Å². The van der Waals surface area contributed by atoms with Crippen molar-refractivity contribution < 1.29 is 4.79 Å². The predicted octanol–water partition coefficient (Wildman–Crippen LogP) is 2.42. The molecule has 1 amide bonds. The minimum absolute atomic E-state index is 0.0220. The first-order valence-electron chi connectivity index (χ1n) is 5.51. The maximum Gasteiger partial charge on any atom is 0.228 e. The molecule has 3 heteroatoms. The second-order valence-electron chi connectivity index (χ2n) is 4.97. The molecular formula is C11H18BrNO. The summed E-state index contributed by atoms with van der Waals surface area (Å²) >= 11 is 3.52. The Hall–Kier alpha value is -0.0500. The molecule has 1 saturated carbocycles. The number of hydrogen-bond donors (Lipinski definition) is 0. The van der Waals surface area contributed by atoms with Gasteiger partial charge in [-0.25, -0.2) is 0 Å². The second kappa shape index (κ2) is 3.84. The lowest BCUT2D eigenvalue weighted by Crippen LogP contribution is -2.43. The molecule has 1 atom stereocenters. The van der Waals surface area contributed by atoms with Crippen LogP contribution < -0.4 is 0 Å². The van der Waals surface area contributed by atoms with Gasteiger partial charge in [-0.3, -0.25) is 4.79 Å². The molecule has 1 unspecified atom stereocenters. The van der Waals surface area contributed by atoms with E-state index in [1.807, 2.05) is 0 Å². The van der Waals surface area contributed by atoms with Gasteiger partial charge in [0.15, 0.2) is 0 Å². The van der Waals surface area contributed by atoms with Crippen molar-refractivity contribution in [2.75, 3.05) is 18.4 Å². The molecule has 1 aliphatic heterocycles. The second-order valence-corrected chi connectivity index (χ2v) is 5.62. The van der Waals surface area contributed by atoms with Crippen molar-refractivity contribution in [1.82, 2.24) is 4.90 Å². The van der Waals surface area contributed by atoms with Crippen LogP contribution in [0, 0.1) is 11.3 Å². The fraction of sp³-hybridized carbons (Fsp3) is 0.909. The minimum atomic E-state index is 0.0220. The van der Waals surface area contributed by atoms with Gasteiger partial charge in [-0.15, -0.1) is 0 Å². The van der Waals surface area contributed by atoms with Gasteiger partial charge in [0.25, 0.3) is 0 Å². The third-order valence-corrected chi connectivity index (χ3v) is 4.46. The summed E-state index contributed by atoms with van der Waals surface area (Å²) in [5, 5.41) is 1.04. The van der Waals surface area contributed by atoms with E-state index in [9.17, 15) is 4.79 Å².